The van der Waals surface area contributed by atoms with Gasteiger partial charge in [0.15, 0.2) is 0 Å². The maximum atomic E-state index is 13.1. The van der Waals surface area contributed by atoms with Crippen LogP contribution in [0.3, 0.4) is 0 Å². The molecule has 3 nitrogen and oxygen atoms in total. The molecule has 0 spiro atoms. The Morgan fingerprint density at radius 1 is 1.12 bits per heavy atom. The first-order valence-electron chi connectivity index (χ1n) is 8.37. The summed E-state index contributed by atoms with van der Waals surface area (Å²) in [5.74, 6) is -0.0579. The molecule has 0 aromatic heterocycles. The quantitative estimate of drug-likeness (QED) is 0.795. The van der Waals surface area contributed by atoms with Crippen LogP contribution in [0, 0.1) is 11.7 Å². The molecule has 0 saturated heterocycles. The fourth-order valence-corrected chi connectivity index (χ4v) is 2.69. The number of benzene rings is 2. The summed E-state index contributed by atoms with van der Waals surface area (Å²) in [6.45, 7) is 6.43. The molecule has 2 N–H and O–H groups in total. The summed E-state index contributed by atoms with van der Waals surface area (Å²) < 4.78 is 13.1. The van der Waals surface area contributed by atoms with Gasteiger partial charge < -0.3 is 10.6 Å². The molecule has 4 heteroatoms. The monoisotopic (exact) mass is 328 g/mol. The van der Waals surface area contributed by atoms with Crippen LogP contribution in [-0.2, 0) is 11.2 Å². The molecule has 0 radical (unpaired) electrons. The number of carbonyl (C=O) groups excluding carboxylic acids is 1. The SMILES string of the molecule is CCc1cccc(NC(=O)CNC(c2ccc(F)cc2)C(C)C)c1. The highest BCUT2D eigenvalue weighted by Crippen LogP contribution is 2.21. The lowest BCUT2D eigenvalue weighted by atomic mass is 9.96. The number of halogens is 1. The Morgan fingerprint density at radius 2 is 1.83 bits per heavy atom. The third-order valence-electron chi connectivity index (χ3n) is 4.00. The van der Waals surface area contributed by atoms with Gasteiger partial charge in [-0.3, -0.25) is 4.79 Å². The van der Waals surface area contributed by atoms with Crippen molar-refractivity contribution >= 4 is 11.6 Å². The van der Waals surface area contributed by atoms with Gasteiger partial charge in [0.1, 0.15) is 5.82 Å². The van der Waals surface area contributed by atoms with Crippen LogP contribution in [0.5, 0.6) is 0 Å². The van der Waals surface area contributed by atoms with Crippen molar-refractivity contribution in [1.82, 2.24) is 5.32 Å². The second-order valence-corrected chi connectivity index (χ2v) is 6.26. The second-order valence-electron chi connectivity index (χ2n) is 6.26. The number of amides is 1. The summed E-state index contributed by atoms with van der Waals surface area (Å²) in [5.41, 5.74) is 2.98. The fourth-order valence-electron chi connectivity index (χ4n) is 2.69. The van der Waals surface area contributed by atoms with E-state index >= 15 is 0 Å². The van der Waals surface area contributed by atoms with Crippen LogP contribution in [-0.4, -0.2) is 12.5 Å². The molecular formula is C20H25FN2O. The predicted molar refractivity (Wildman–Crippen MR) is 96.4 cm³/mol. The minimum Gasteiger partial charge on any atom is -0.325 e. The van der Waals surface area contributed by atoms with E-state index in [-0.39, 0.29) is 30.2 Å². The lowest BCUT2D eigenvalue weighted by Gasteiger charge is -2.23. The minimum absolute atomic E-state index is 0.00155. The zero-order valence-electron chi connectivity index (χ0n) is 14.5. The van der Waals surface area contributed by atoms with Crippen molar-refractivity contribution in [2.24, 2.45) is 5.92 Å². The van der Waals surface area contributed by atoms with Crippen LogP contribution in [0.1, 0.15) is 37.9 Å². The molecule has 2 aromatic rings. The van der Waals surface area contributed by atoms with Gasteiger partial charge in [-0.15, -0.1) is 0 Å². The summed E-state index contributed by atoms with van der Waals surface area (Å²) in [6.07, 6.45) is 0.932. The molecule has 0 aliphatic rings. The summed E-state index contributed by atoms with van der Waals surface area (Å²) in [7, 11) is 0. The van der Waals surface area contributed by atoms with Crippen LogP contribution < -0.4 is 10.6 Å². The Labute approximate surface area is 143 Å². The van der Waals surface area contributed by atoms with E-state index in [4.69, 9.17) is 0 Å². The zero-order chi connectivity index (χ0) is 17.5. The zero-order valence-corrected chi connectivity index (χ0v) is 14.5. The Hall–Kier alpha value is -2.20. The first-order valence-corrected chi connectivity index (χ1v) is 8.37. The third kappa shape index (κ3) is 5.17. The number of carbonyl (C=O) groups is 1. The van der Waals surface area contributed by atoms with Crippen molar-refractivity contribution in [2.45, 2.75) is 33.2 Å². The number of rotatable bonds is 7. The van der Waals surface area contributed by atoms with E-state index in [9.17, 15) is 9.18 Å². The lowest BCUT2D eigenvalue weighted by Crippen LogP contribution is -2.33. The lowest BCUT2D eigenvalue weighted by molar-refractivity contribution is -0.115. The third-order valence-corrected chi connectivity index (χ3v) is 4.00. The first kappa shape index (κ1) is 18.1. The number of aryl methyl sites for hydroxylation is 1. The van der Waals surface area contributed by atoms with Crippen molar-refractivity contribution in [3.63, 3.8) is 0 Å². The van der Waals surface area contributed by atoms with Gasteiger partial charge in [0.2, 0.25) is 5.91 Å². The molecule has 0 fully saturated rings. The topological polar surface area (TPSA) is 41.1 Å². The Bertz CT molecular complexity index is 668. The standard InChI is InChI=1S/C20H25FN2O/c1-4-15-6-5-7-18(12-15)23-19(24)13-22-20(14(2)3)16-8-10-17(21)11-9-16/h5-12,14,20,22H,4,13H2,1-3H3,(H,23,24). The molecule has 1 atom stereocenters. The first-order chi connectivity index (χ1) is 11.5. The molecule has 0 aliphatic carbocycles. The molecule has 0 saturated carbocycles. The molecular weight excluding hydrogens is 303 g/mol. The predicted octanol–water partition coefficient (Wildman–Crippen LogP) is 4.31. The van der Waals surface area contributed by atoms with Crippen LogP contribution in [0.4, 0.5) is 10.1 Å². The van der Waals surface area contributed by atoms with E-state index in [2.05, 4.69) is 31.4 Å². The van der Waals surface area contributed by atoms with E-state index < -0.39 is 0 Å². The largest absolute Gasteiger partial charge is 0.325 e. The molecule has 1 amide bonds. The van der Waals surface area contributed by atoms with Gasteiger partial charge in [-0.05, 0) is 47.7 Å². The van der Waals surface area contributed by atoms with Crippen LogP contribution >= 0.6 is 0 Å². The van der Waals surface area contributed by atoms with Gasteiger partial charge in [0.25, 0.3) is 0 Å². The van der Waals surface area contributed by atoms with E-state index in [1.54, 1.807) is 12.1 Å². The van der Waals surface area contributed by atoms with E-state index in [1.807, 2.05) is 24.3 Å². The Morgan fingerprint density at radius 3 is 2.46 bits per heavy atom. The van der Waals surface area contributed by atoms with Gasteiger partial charge in [0.05, 0.1) is 6.54 Å². The van der Waals surface area contributed by atoms with Crippen molar-refractivity contribution in [3.05, 3.63) is 65.5 Å². The summed E-state index contributed by atoms with van der Waals surface area (Å²) in [5, 5.41) is 6.18. The van der Waals surface area contributed by atoms with Gasteiger partial charge in [-0.1, -0.05) is 45.0 Å². The Balaban J connectivity index is 1.96. The van der Waals surface area contributed by atoms with Crippen molar-refractivity contribution in [3.8, 4) is 0 Å². The van der Waals surface area contributed by atoms with Gasteiger partial charge >= 0.3 is 0 Å². The van der Waals surface area contributed by atoms with E-state index in [0.29, 0.717) is 0 Å². The normalized spacial score (nSPS) is 12.2. The highest BCUT2D eigenvalue weighted by atomic mass is 19.1. The second kappa shape index (κ2) is 8.60. The fraction of sp³-hybridized carbons (Fsp3) is 0.350. The Kier molecular flexibility index (Phi) is 6.50. The molecule has 2 rings (SSSR count). The number of nitrogens with one attached hydrogen (secondary N) is 2. The van der Waals surface area contributed by atoms with Crippen molar-refractivity contribution in [2.75, 3.05) is 11.9 Å². The molecule has 0 bridgehead atoms. The molecule has 0 aliphatic heterocycles. The highest BCUT2D eigenvalue weighted by molar-refractivity contribution is 5.92. The average molecular weight is 328 g/mol. The summed E-state index contributed by atoms with van der Waals surface area (Å²) in [6, 6.07) is 14.3. The molecule has 0 heterocycles. The maximum Gasteiger partial charge on any atom is 0.238 e. The van der Waals surface area contributed by atoms with Gasteiger partial charge in [-0.25, -0.2) is 4.39 Å². The van der Waals surface area contributed by atoms with Crippen LogP contribution in [0.25, 0.3) is 0 Å². The molecule has 128 valence electrons. The highest BCUT2D eigenvalue weighted by Gasteiger charge is 2.16. The minimum atomic E-state index is -0.255. The molecule has 2 aromatic carbocycles. The van der Waals surface area contributed by atoms with Crippen LogP contribution in [0.15, 0.2) is 48.5 Å². The van der Waals surface area contributed by atoms with Crippen molar-refractivity contribution in [1.29, 1.82) is 0 Å². The molecule has 1 unspecified atom stereocenters. The number of anilines is 1. The van der Waals surface area contributed by atoms with Crippen LogP contribution in [0.2, 0.25) is 0 Å². The van der Waals surface area contributed by atoms with Gasteiger partial charge in [0, 0.05) is 11.7 Å². The number of hydrogen-bond donors (Lipinski definition) is 2. The van der Waals surface area contributed by atoms with E-state index in [1.165, 1.54) is 17.7 Å². The summed E-state index contributed by atoms with van der Waals surface area (Å²) >= 11 is 0. The van der Waals surface area contributed by atoms with Crippen molar-refractivity contribution < 1.29 is 9.18 Å². The maximum absolute atomic E-state index is 13.1. The van der Waals surface area contributed by atoms with E-state index in [0.717, 1.165) is 17.7 Å². The summed E-state index contributed by atoms with van der Waals surface area (Å²) in [4.78, 5) is 12.2. The number of hydrogen-bond acceptors (Lipinski definition) is 2. The molecule has 24 heavy (non-hydrogen) atoms. The van der Waals surface area contributed by atoms with Gasteiger partial charge in [-0.2, -0.15) is 0 Å². The smallest absolute Gasteiger partial charge is 0.238 e. The average Bonchev–Trinajstić information content (AvgIpc) is 2.56.